The summed E-state index contributed by atoms with van der Waals surface area (Å²) in [5.41, 5.74) is 5.45. The van der Waals surface area contributed by atoms with Gasteiger partial charge in [-0.15, -0.1) is 0 Å². The predicted octanol–water partition coefficient (Wildman–Crippen LogP) is 1.56. The Bertz CT molecular complexity index is 317. The molecule has 1 rings (SSSR count). The van der Waals surface area contributed by atoms with Gasteiger partial charge < -0.3 is 5.73 Å². The second-order valence-electron chi connectivity index (χ2n) is 2.58. The van der Waals surface area contributed by atoms with Crippen molar-refractivity contribution in [2.75, 3.05) is 6.67 Å². The van der Waals surface area contributed by atoms with Gasteiger partial charge in [0.05, 0.1) is 11.0 Å². The van der Waals surface area contributed by atoms with Gasteiger partial charge in [-0.3, -0.25) is 10.1 Å². The van der Waals surface area contributed by atoms with Gasteiger partial charge in [0.15, 0.2) is 0 Å². The summed E-state index contributed by atoms with van der Waals surface area (Å²) in [7, 11) is 0. The quantitative estimate of drug-likeness (QED) is 0.572. The van der Waals surface area contributed by atoms with Crippen molar-refractivity contribution in [3.05, 3.63) is 39.9 Å². The summed E-state index contributed by atoms with van der Waals surface area (Å²) in [6, 6.07) is 4.97. The molecule has 0 aliphatic heterocycles. The molecule has 0 saturated carbocycles. The molecule has 0 aliphatic carbocycles. The van der Waals surface area contributed by atoms with Crippen LogP contribution in [0.4, 0.5) is 10.1 Å². The molecular weight excluding hydrogens is 175 g/mol. The smallest absolute Gasteiger partial charge is 0.274 e. The molecule has 0 heterocycles. The zero-order valence-electron chi connectivity index (χ0n) is 6.81. The third-order valence-corrected chi connectivity index (χ3v) is 1.70. The van der Waals surface area contributed by atoms with Crippen molar-refractivity contribution in [2.45, 2.75) is 6.04 Å². The van der Waals surface area contributed by atoms with Crippen LogP contribution in [-0.4, -0.2) is 11.6 Å². The lowest BCUT2D eigenvalue weighted by Crippen LogP contribution is -2.13. The molecule has 0 aliphatic rings. The zero-order valence-corrected chi connectivity index (χ0v) is 6.81. The van der Waals surface area contributed by atoms with Crippen LogP contribution in [0.2, 0.25) is 0 Å². The van der Waals surface area contributed by atoms with Crippen molar-refractivity contribution >= 4 is 5.69 Å². The van der Waals surface area contributed by atoms with Crippen LogP contribution in [0, 0.1) is 10.1 Å². The van der Waals surface area contributed by atoms with Crippen molar-refractivity contribution < 1.29 is 9.31 Å². The minimum Gasteiger partial charge on any atom is -0.322 e. The van der Waals surface area contributed by atoms with Crippen molar-refractivity contribution in [3.63, 3.8) is 0 Å². The molecule has 13 heavy (non-hydrogen) atoms. The average Bonchev–Trinajstić information content (AvgIpc) is 2.16. The maximum atomic E-state index is 12.2. The molecule has 0 bridgehead atoms. The summed E-state index contributed by atoms with van der Waals surface area (Å²) in [6.07, 6.45) is 0. The molecule has 1 aromatic carbocycles. The topological polar surface area (TPSA) is 69.2 Å². The van der Waals surface area contributed by atoms with Crippen LogP contribution in [0.15, 0.2) is 24.3 Å². The molecule has 70 valence electrons. The predicted molar refractivity (Wildman–Crippen MR) is 46.0 cm³/mol. The minimum absolute atomic E-state index is 0.132. The number of nitro groups is 1. The van der Waals surface area contributed by atoms with Crippen LogP contribution < -0.4 is 5.73 Å². The molecule has 0 saturated heterocycles. The van der Waals surface area contributed by atoms with Crippen LogP contribution in [0.25, 0.3) is 0 Å². The number of alkyl halides is 1. The zero-order chi connectivity index (χ0) is 9.84. The second kappa shape index (κ2) is 3.95. The second-order valence-corrected chi connectivity index (χ2v) is 2.58. The van der Waals surface area contributed by atoms with E-state index in [1.807, 2.05) is 0 Å². The fourth-order valence-corrected chi connectivity index (χ4v) is 1.05. The van der Waals surface area contributed by atoms with Crippen LogP contribution in [-0.2, 0) is 0 Å². The van der Waals surface area contributed by atoms with E-state index < -0.39 is 17.6 Å². The SMILES string of the molecule is N[C@H](CF)c1ccccc1[N+](=O)[O-]. The van der Waals surface area contributed by atoms with Crippen LogP contribution in [0.5, 0.6) is 0 Å². The Labute approximate surface area is 74.3 Å². The van der Waals surface area contributed by atoms with Crippen LogP contribution in [0.1, 0.15) is 11.6 Å². The maximum Gasteiger partial charge on any atom is 0.274 e. The van der Waals surface area contributed by atoms with Gasteiger partial charge in [-0.25, -0.2) is 4.39 Å². The van der Waals surface area contributed by atoms with E-state index in [9.17, 15) is 14.5 Å². The number of nitrogens with two attached hydrogens (primary N) is 1. The van der Waals surface area contributed by atoms with E-state index in [-0.39, 0.29) is 11.3 Å². The molecule has 0 radical (unpaired) electrons. The summed E-state index contributed by atoms with van der Waals surface area (Å²) in [5, 5.41) is 10.5. The minimum atomic E-state index is -0.915. The van der Waals surface area contributed by atoms with Gasteiger partial charge in [0.1, 0.15) is 6.67 Å². The van der Waals surface area contributed by atoms with E-state index in [1.165, 1.54) is 18.2 Å². The standard InChI is InChI=1S/C8H9FN2O2/c9-5-7(10)6-3-1-2-4-8(6)11(12)13/h1-4,7H,5,10H2/t7-/m1/s1. The summed E-state index contributed by atoms with van der Waals surface area (Å²) in [5.74, 6) is 0. The summed E-state index contributed by atoms with van der Waals surface area (Å²) < 4.78 is 12.2. The molecule has 1 atom stereocenters. The number of hydrogen-bond donors (Lipinski definition) is 1. The molecule has 5 heteroatoms. The summed E-state index contributed by atoms with van der Waals surface area (Å²) in [6.45, 7) is -0.801. The van der Waals surface area contributed by atoms with Crippen LogP contribution in [0.3, 0.4) is 0 Å². The van der Waals surface area contributed by atoms with Crippen molar-refractivity contribution in [1.29, 1.82) is 0 Å². The summed E-state index contributed by atoms with van der Waals surface area (Å²) in [4.78, 5) is 9.91. The highest BCUT2D eigenvalue weighted by molar-refractivity contribution is 5.41. The molecule has 0 spiro atoms. The molecule has 4 nitrogen and oxygen atoms in total. The van der Waals surface area contributed by atoms with Gasteiger partial charge in [0.25, 0.3) is 5.69 Å². The van der Waals surface area contributed by atoms with Gasteiger partial charge in [-0.1, -0.05) is 18.2 Å². The Balaban J connectivity index is 3.11. The third-order valence-electron chi connectivity index (χ3n) is 1.70. The van der Waals surface area contributed by atoms with Crippen molar-refractivity contribution in [3.8, 4) is 0 Å². The van der Waals surface area contributed by atoms with E-state index in [4.69, 9.17) is 5.73 Å². The van der Waals surface area contributed by atoms with Gasteiger partial charge in [-0.2, -0.15) is 0 Å². The van der Waals surface area contributed by atoms with Crippen LogP contribution >= 0.6 is 0 Å². The van der Waals surface area contributed by atoms with E-state index in [0.717, 1.165) is 0 Å². The number of para-hydroxylation sites is 1. The van der Waals surface area contributed by atoms with Gasteiger partial charge >= 0.3 is 0 Å². The van der Waals surface area contributed by atoms with E-state index in [0.29, 0.717) is 0 Å². The molecule has 2 N–H and O–H groups in total. The maximum absolute atomic E-state index is 12.2. The number of nitro benzene ring substituents is 1. The molecule has 0 fully saturated rings. The first-order valence-corrected chi connectivity index (χ1v) is 3.71. The molecule has 0 amide bonds. The average molecular weight is 184 g/mol. The fraction of sp³-hybridized carbons (Fsp3) is 0.250. The monoisotopic (exact) mass is 184 g/mol. The number of hydrogen-bond acceptors (Lipinski definition) is 3. The normalized spacial score (nSPS) is 12.5. The van der Waals surface area contributed by atoms with Crippen molar-refractivity contribution in [2.24, 2.45) is 5.73 Å². The molecule has 1 aromatic rings. The van der Waals surface area contributed by atoms with Gasteiger partial charge in [-0.05, 0) is 0 Å². The molecule has 0 aromatic heterocycles. The first-order chi connectivity index (χ1) is 6.16. The number of halogens is 1. The lowest BCUT2D eigenvalue weighted by molar-refractivity contribution is -0.385. The summed E-state index contributed by atoms with van der Waals surface area (Å²) >= 11 is 0. The van der Waals surface area contributed by atoms with E-state index in [2.05, 4.69) is 0 Å². The molecular formula is C8H9FN2O2. The largest absolute Gasteiger partial charge is 0.322 e. The van der Waals surface area contributed by atoms with Gasteiger partial charge in [0.2, 0.25) is 0 Å². The first kappa shape index (κ1) is 9.60. The Morgan fingerprint density at radius 1 is 1.54 bits per heavy atom. The van der Waals surface area contributed by atoms with E-state index >= 15 is 0 Å². The number of rotatable bonds is 3. The third kappa shape index (κ3) is 2.00. The highest BCUT2D eigenvalue weighted by Crippen LogP contribution is 2.23. The lowest BCUT2D eigenvalue weighted by Gasteiger charge is -2.06. The highest BCUT2D eigenvalue weighted by atomic mass is 19.1. The first-order valence-electron chi connectivity index (χ1n) is 3.71. The Morgan fingerprint density at radius 3 is 2.69 bits per heavy atom. The van der Waals surface area contributed by atoms with Gasteiger partial charge in [0, 0.05) is 11.6 Å². The number of nitrogens with zero attached hydrogens (tertiary/aromatic N) is 1. The van der Waals surface area contributed by atoms with Crippen molar-refractivity contribution in [1.82, 2.24) is 0 Å². The number of benzene rings is 1. The highest BCUT2D eigenvalue weighted by Gasteiger charge is 2.17. The Hall–Kier alpha value is -1.49. The Kier molecular flexibility index (Phi) is 2.92. The molecule has 0 unspecified atom stereocenters. The Morgan fingerprint density at radius 2 is 2.15 bits per heavy atom. The van der Waals surface area contributed by atoms with E-state index in [1.54, 1.807) is 6.07 Å². The fourth-order valence-electron chi connectivity index (χ4n) is 1.05. The lowest BCUT2D eigenvalue weighted by atomic mass is 10.1.